The van der Waals surface area contributed by atoms with Gasteiger partial charge in [-0.25, -0.2) is 4.85 Å². The second-order valence-electron chi connectivity index (χ2n) is 7.44. The van der Waals surface area contributed by atoms with Gasteiger partial charge in [-0.05, 0) is 26.0 Å². The highest BCUT2D eigenvalue weighted by Gasteiger charge is 2.71. The van der Waals surface area contributed by atoms with E-state index >= 15 is 0 Å². The van der Waals surface area contributed by atoms with Gasteiger partial charge in [0.1, 0.15) is 5.60 Å². The van der Waals surface area contributed by atoms with Gasteiger partial charge in [0.2, 0.25) is 5.91 Å². The third-order valence-corrected chi connectivity index (χ3v) is 5.56. The molecule has 5 atom stereocenters. The lowest BCUT2D eigenvalue weighted by atomic mass is 9.66. The maximum atomic E-state index is 13.1. The molecular weight excluding hydrogens is 381 g/mol. The number of carbonyl (C=O) groups excluding carboxylic acids is 1. The first-order valence-electron chi connectivity index (χ1n) is 8.34. The van der Waals surface area contributed by atoms with Crippen LogP contribution in [0.5, 0.6) is 0 Å². The van der Waals surface area contributed by atoms with Crippen molar-refractivity contribution in [2.75, 3.05) is 5.32 Å². The number of aliphatic hydroxyl groups is 1. The fraction of sp³-hybridized carbons (Fsp3) is 0.500. The zero-order valence-corrected chi connectivity index (χ0v) is 14.9. The fourth-order valence-electron chi connectivity index (χ4n) is 4.32. The Labute approximate surface area is 157 Å². The first-order chi connectivity index (χ1) is 12.8. The molecule has 2 aliphatic rings. The van der Waals surface area contributed by atoms with Crippen molar-refractivity contribution in [2.45, 2.75) is 43.8 Å². The van der Waals surface area contributed by atoms with Crippen molar-refractivity contribution in [1.82, 2.24) is 0 Å². The van der Waals surface area contributed by atoms with E-state index in [1.165, 1.54) is 13.8 Å². The molecule has 1 aromatic rings. The highest BCUT2D eigenvalue weighted by atomic mass is 19.4. The number of nitrogens with zero attached hydrogens (tertiary/aromatic N) is 1. The van der Waals surface area contributed by atoms with Gasteiger partial charge in [0.05, 0.1) is 35.7 Å². The number of carboxylic acids is 1. The van der Waals surface area contributed by atoms with E-state index in [1.807, 2.05) is 0 Å². The Morgan fingerprint density at radius 3 is 2.50 bits per heavy atom. The standard InChI is InChI=1S/C18H17F3N2O5/c1-16-7-11(24)17(2,28-16)12(13(16)15(26)27)14(25)23-8-4-5-10(22-3)9(6-8)18(19,20)21/h4-6,11-13,24H,7H2,1-2H3,(H,23,25)(H,26,27)/t11-,12-,13+,16?,17?/m0/s1. The van der Waals surface area contributed by atoms with Crippen molar-refractivity contribution in [3.05, 3.63) is 35.2 Å². The van der Waals surface area contributed by atoms with E-state index < -0.39 is 58.4 Å². The number of carboxylic acid groups (broad SMARTS) is 1. The van der Waals surface area contributed by atoms with Crippen LogP contribution in [0.3, 0.4) is 0 Å². The van der Waals surface area contributed by atoms with Gasteiger partial charge in [-0.1, -0.05) is 6.07 Å². The topological polar surface area (TPSA) is 100 Å². The number of aliphatic carboxylic acids is 1. The van der Waals surface area contributed by atoms with E-state index in [9.17, 15) is 33.0 Å². The van der Waals surface area contributed by atoms with E-state index in [1.54, 1.807) is 0 Å². The quantitative estimate of drug-likeness (QED) is 0.680. The van der Waals surface area contributed by atoms with Crippen LogP contribution in [0.25, 0.3) is 4.85 Å². The second-order valence-corrected chi connectivity index (χ2v) is 7.44. The maximum absolute atomic E-state index is 13.1. The zero-order chi connectivity index (χ0) is 21.1. The minimum atomic E-state index is -4.80. The van der Waals surface area contributed by atoms with Crippen LogP contribution in [-0.4, -0.2) is 39.4 Å². The monoisotopic (exact) mass is 398 g/mol. The van der Waals surface area contributed by atoms with E-state index in [0.717, 1.165) is 12.1 Å². The number of amides is 1. The number of carbonyl (C=O) groups is 2. The Balaban J connectivity index is 1.95. The molecule has 7 nitrogen and oxygen atoms in total. The summed E-state index contributed by atoms with van der Waals surface area (Å²) >= 11 is 0. The zero-order valence-electron chi connectivity index (χ0n) is 14.9. The lowest BCUT2D eigenvalue weighted by molar-refractivity contribution is -0.151. The largest absolute Gasteiger partial charge is 0.481 e. The molecule has 150 valence electrons. The molecule has 10 heteroatoms. The minimum absolute atomic E-state index is 0.0299. The number of alkyl halides is 3. The number of hydrogen-bond donors (Lipinski definition) is 3. The second kappa shape index (κ2) is 6.18. The minimum Gasteiger partial charge on any atom is -0.481 e. The van der Waals surface area contributed by atoms with Crippen LogP contribution in [0, 0.1) is 18.4 Å². The normalized spacial score (nSPS) is 34.1. The summed E-state index contributed by atoms with van der Waals surface area (Å²) in [5.41, 5.74) is -4.82. The first-order valence-corrected chi connectivity index (χ1v) is 8.34. The van der Waals surface area contributed by atoms with Gasteiger partial charge in [0.25, 0.3) is 0 Å². The molecular formula is C18H17F3N2O5. The smallest absolute Gasteiger partial charge is 0.407 e. The molecule has 2 heterocycles. The summed E-state index contributed by atoms with van der Waals surface area (Å²) in [6.45, 7) is 9.74. The van der Waals surface area contributed by atoms with Crippen LogP contribution >= 0.6 is 0 Å². The Hall–Kier alpha value is -2.64. The van der Waals surface area contributed by atoms with Crippen molar-refractivity contribution in [3.8, 4) is 0 Å². The van der Waals surface area contributed by atoms with E-state index in [2.05, 4.69) is 10.2 Å². The van der Waals surface area contributed by atoms with Crippen LogP contribution in [0.4, 0.5) is 24.5 Å². The molecule has 0 aromatic heterocycles. The summed E-state index contributed by atoms with van der Waals surface area (Å²) in [7, 11) is 0. The van der Waals surface area contributed by atoms with Gasteiger partial charge < -0.3 is 20.3 Å². The number of rotatable bonds is 3. The first kappa shape index (κ1) is 20.1. The average Bonchev–Trinajstić information content (AvgIpc) is 2.95. The van der Waals surface area contributed by atoms with Gasteiger partial charge in [0.15, 0.2) is 5.69 Å². The summed E-state index contributed by atoms with van der Waals surface area (Å²) in [4.78, 5) is 27.4. The molecule has 2 aliphatic heterocycles. The van der Waals surface area contributed by atoms with Crippen molar-refractivity contribution in [2.24, 2.45) is 11.8 Å². The summed E-state index contributed by atoms with van der Waals surface area (Å²) in [6.07, 6.45) is -5.86. The fourth-order valence-corrected chi connectivity index (χ4v) is 4.32. The predicted octanol–water partition coefficient (Wildman–Crippen LogP) is 2.82. The Kier molecular flexibility index (Phi) is 4.44. The van der Waals surface area contributed by atoms with Crippen LogP contribution in [0.2, 0.25) is 0 Å². The lowest BCUT2D eigenvalue weighted by Crippen LogP contribution is -2.54. The van der Waals surface area contributed by atoms with Gasteiger partial charge >= 0.3 is 12.1 Å². The van der Waals surface area contributed by atoms with Gasteiger partial charge in [0, 0.05) is 12.1 Å². The molecule has 3 N–H and O–H groups in total. The Bertz CT molecular complexity index is 896. The molecule has 28 heavy (non-hydrogen) atoms. The predicted molar refractivity (Wildman–Crippen MR) is 89.5 cm³/mol. The summed E-state index contributed by atoms with van der Waals surface area (Å²) < 4.78 is 45.1. The van der Waals surface area contributed by atoms with Crippen LogP contribution in [-0.2, 0) is 20.5 Å². The lowest BCUT2D eigenvalue weighted by Gasteiger charge is -2.36. The highest BCUT2D eigenvalue weighted by molar-refractivity contribution is 5.97. The van der Waals surface area contributed by atoms with Crippen LogP contribution in [0.1, 0.15) is 25.8 Å². The van der Waals surface area contributed by atoms with Gasteiger partial charge in [-0.3, -0.25) is 9.59 Å². The van der Waals surface area contributed by atoms with Crippen molar-refractivity contribution in [1.29, 1.82) is 0 Å². The molecule has 1 amide bonds. The van der Waals surface area contributed by atoms with Crippen LogP contribution in [0.15, 0.2) is 18.2 Å². The number of halogens is 3. The molecule has 3 rings (SSSR count). The number of aliphatic hydroxyl groups excluding tert-OH is 1. The van der Waals surface area contributed by atoms with Crippen molar-refractivity contribution in [3.63, 3.8) is 0 Å². The van der Waals surface area contributed by atoms with Crippen molar-refractivity contribution >= 4 is 23.3 Å². The summed E-state index contributed by atoms with van der Waals surface area (Å²) in [6, 6.07) is 2.68. The number of hydrogen-bond acceptors (Lipinski definition) is 4. The number of benzene rings is 1. The number of anilines is 1. The highest BCUT2D eigenvalue weighted by Crippen LogP contribution is 2.57. The molecule has 2 saturated heterocycles. The number of nitrogens with one attached hydrogen (secondary N) is 1. The van der Waals surface area contributed by atoms with Gasteiger partial charge in [-0.15, -0.1) is 0 Å². The SMILES string of the molecule is [C-]#[N+]c1ccc(NC(=O)[C@@H]2[C@H](C(=O)O)C3(C)C[C@H](O)C2(C)O3)cc1C(F)(F)F. The third kappa shape index (κ3) is 2.91. The molecule has 2 fully saturated rings. The summed E-state index contributed by atoms with van der Waals surface area (Å²) in [5, 5.41) is 22.1. The Morgan fingerprint density at radius 2 is 1.96 bits per heavy atom. The van der Waals surface area contributed by atoms with E-state index in [4.69, 9.17) is 11.3 Å². The summed E-state index contributed by atoms with van der Waals surface area (Å²) in [5.74, 6) is -4.75. The molecule has 0 radical (unpaired) electrons. The molecule has 2 unspecified atom stereocenters. The molecule has 2 bridgehead atoms. The van der Waals surface area contributed by atoms with E-state index in [-0.39, 0.29) is 12.1 Å². The van der Waals surface area contributed by atoms with Gasteiger partial charge in [-0.2, -0.15) is 13.2 Å². The molecule has 1 aromatic carbocycles. The van der Waals surface area contributed by atoms with Crippen LogP contribution < -0.4 is 5.32 Å². The number of fused-ring (bicyclic) bond motifs is 2. The molecule has 0 spiro atoms. The number of ether oxygens (including phenoxy) is 1. The van der Waals surface area contributed by atoms with Crippen molar-refractivity contribution < 1.29 is 37.7 Å². The van der Waals surface area contributed by atoms with E-state index in [0.29, 0.717) is 6.07 Å². The molecule has 0 saturated carbocycles. The Morgan fingerprint density at radius 1 is 1.32 bits per heavy atom. The average molecular weight is 398 g/mol. The third-order valence-electron chi connectivity index (χ3n) is 5.56. The molecule has 0 aliphatic carbocycles. The maximum Gasteiger partial charge on any atom is 0.407 e.